The maximum atomic E-state index is 13.3. The molecule has 0 aliphatic rings. The summed E-state index contributed by atoms with van der Waals surface area (Å²) < 4.78 is 70.5. The first-order chi connectivity index (χ1) is 9.46. The summed E-state index contributed by atoms with van der Waals surface area (Å²) >= 11 is -1.93. The van der Waals surface area contributed by atoms with Gasteiger partial charge < -0.3 is 9.29 Å². The highest BCUT2D eigenvalue weighted by Crippen LogP contribution is 2.36. The summed E-state index contributed by atoms with van der Waals surface area (Å²) in [5.74, 6) is -1.07. The fourth-order valence-corrected chi connectivity index (χ4v) is 2.30. The standard InChI is InChI=1S/C13H17F4NO2S/c1-12(2,3)21(19)18-11(13(15,16)17)8-5-6-9(14)10(7-8)20-4/h5-7,11,18H,1-4H3. The van der Waals surface area contributed by atoms with Gasteiger partial charge in [-0.25, -0.2) is 4.39 Å². The first-order valence-corrected chi connectivity index (χ1v) is 7.20. The van der Waals surface area contributed by atoms with E-state index in [0.717, 1.165) is 25.3 Å². The number of hydrogen-bond donors (Lipinski definition) is 1. The molecule has 1 rings (SSSR count). The van der Waals surface area contributed by atoms with Gasteiger partial charge in [0, 0.05) is 11.4 Å². The predicted molar refractivity (Wildman–Crippen MR) is 72.8 cm³/mol. The van der Waals surface area contributed by atoms with Crippen molar-refractivity contribution in [3.05, 3.63) is 29.6 Å². The van der Waals surface area contributed by atoms with Crippen molar-refractivity contribution >= 4 is 11.4 Å². The number of alkyl halides is 3. The average Bonchev–Trinajstić information content (AvgIpc) is 2.34. The summed E-state index contributed by atoms with van der Waals surface area (Å²) in [4.78, 5) is 0. The molecule has 3 nitrogen and oxygen atoms in total. The highest BCUT2D eigenvalue weighted by atomic mass is 32.2. The molecule has 0 aromatic heterocycles. The maximum absolute atomic E-state index is 13.3. The number of methoxy groups -OCH3 is 1. The molecule has 0 spiro atoms. The zero-order valence-electron chi connectivity index (χ0n) is 12.0. The molecule has 0 fully saturated rings. The molecule has 21 heavy (non-hydrogen) atoms. The number of benzene rings is 1. The summed E-state index contributed by atoms with van der Waals surface area (Å²) in [6.45, 7) is 4.65. The normalized spacial score (nSPS) is 15.7. The second-order valence-electron chi connectivity index (χ2n) is 5.37. The minimum absolute atomic E-state index is 0.265. The summed E-state index contributed by atoms with van der Waals surface area (Å²) in [6.07, 6.45) is -4.68. The molecule has 1 aromatic carbocycles. The smallest absolute Gasteiger partial charge is 0.412 e. The molecule has 2 unspecified atom stereocenters. The first-order valence-electron chi connectivity index (χ1n) is 6.05. The third-order valence-electron chi connectivity index (χ3n) is 2.62. The van der Waals surface area contributed by atoms with Gasteiger partial charge >= 0.3 is 6.18 Å². The van der Waals surface area contributed by atoms with Gasteiger partial charge in [0.15, 0.2) is 17.6 Å². The van der Waals surface area contributed by atoms with E-state index in [9.17, 15) is 22.1 Å². The highest BCUT2D eigenvalue weighted by Gasteiger charge is 2.45. The zero-order chi connectivity index (χ0) is 16.4. The SMILES string of the molecule is COc1cc(C(N[S+]([O-])C(C)(C)C)C(F)(F)F)ccc1F. The molecule has 8 heteroatoms. The molecular formula is C13H17F4NO2S. The lowest BCUT2D eigenvalue weighted by Gasteiger charge is -2.29. The van der Waals surface area contributed by atoms with Crippen LogP contribution in [0.25, 0.3) is 0 Å². The van der Waals surface area contributed by atoms with Crippen LogP contribution < -0.4 is 9.46 Å². The topological polar surface area (TPSA) is 44.3 Å². The Morgan fingerprint density at radius 3 is 2.24 bits per heavy atom. The quantitative estimate of drug-likeness (QED) is 0.680. The lowest BCUT2D eigenvalue weighted by atomic mass is 10.1. The number of halogens is 4. The molecule has 0 aliphatic carbocycles. The third-order valence-corrected chi connectivity index (χ3v) is 4.18. The van der Waals surface area contributed by atoms with Crippen LogP contribution in [0, 0.1) is 5.82 Å². The Labute approximate surface area is 124 Å². The first kappa shape index (κ1) is 18.1. The van der Waals surface area contributed by atoms with E-state index in [4.69, 9.17) is 0 Å². The molecule has 2 atom stereocenters. The molecule has 1 aromatic rings. The van der Waals surface area contributed by atoms with Gasteiger partial charge in [-0.3, -0.25) is 0 Å². The van der Waals surface area contributed by atoms with Crippen LogP contribution in [0.4, 0.5) is 17.6 Å². The largest absolute Gasteiger partial charge is 0.598 e. The van der Waals surface area contributed by atoms with Gasteiger partial charge in [0.05, 0.1) is 7.11 Å². The van der Waals surface area contributed by atoms with E-state index in [1.165, 1.54) is 0 Å². The molecular weight excluding hydrogens is 310 g/mol. The van der Waals surface area contributed by atoms with Crippen molar-refractivity contribution < 1.29 is 26.9 Å². The Morgan fingerprint density at radius 1 is 1.24 bits per heavy atom. The van der Waals surface area contributed by atoms with Crippen LogP contribution in [0.5, 0.6) is 5.75 Å². The second-order valence-corrected chi connectivity index (χ2v) is 7.37. The molecule has 1 N–H and O–H groups in total. The number of hydrogen-bond acceptors (Lipinski definition) is 3. The van der Waals surface area contributed by atoms with Crippen LogP contribution in [0.3, 0.4) is 0 Å². The Hall–Kier alpha value is -0.990. The van der Waals surface area contributed by atoms with E-state index < -0.39 is 34.1 Å². The fourth-order valence-electron chi connectivity index (χ4n) is 1.46. The second kappa shape index (κ2) is 6.41. The Morgan fingerprint density at radius 2 is 1.81 bits per heavy atom. The summed E-state index contributed by atoms with van der Waals surface area (Å²) in [6, 6.07) is 0.643. The van der Waals surface area contributed by atoms with Gasteiger partial charge in [0.1, 0.15) is 4.75 Å². The lowest BCUT2D eigenvalue weighted by molar-refractivity contribution is -0.153. The predicted octanol–water partition coefficient (Wildman–Crippen LogP) is 3.49. The van der Waals surface area contributed by atoms with Gasteiger partial charge in [0.2, 0.25) is 0 Å². The zero-order valence-corrected chi connectivity index (χ0v) is 12.9. The molecule has 0 bridgehead atoms. The molecule has 0 saturated carbocycles. The minimum Gasteiger partial charge on any atom is -0.598 e. The molecule has 0 aliphatic heterocycles. The van der Waals surface area contributed by atoms with Crippen molar-refractivity contribution in [2.24, 2.45) is 0 Å². The minimum atomic E-state index is -4.68. The van der Waals surface area contributed by atoms with E-state index in [2.05, 4.69) is 9.46 Å². The average molecular weight is 327 g/mol. The maximum Gasteiger partial charge on any atom is 0.412 e. The third kappa shape index (κ3) is 4.76. The van der Waals surface area contributed by atoms with Gasteiger partial charge in [-0.2, -0.15) is 13.2 Å². The number of ether oxygens (including phenoxy) is 1. The van der Waals surface area contributed by atoms with E-state index in [1.54, 1.807) is 20.8 Å². The Balaban J connectivity index is 3.15. The molecule has 120 valence electrons. The molecule has 0 amide bonds. The van der Waals surface area contributed by atoms with Crippen molar-refractivity contribution in [1.82, 2.24) is 4.72 Å². The number of nitrogens with one attached hydrogen (secondary N) is 1. The van der Waals surface area contributed by atoms with Gasteiger partial charge in [-0.15, -0.1) is 4.72 Å². The van der Waals surface area contributed by atoms with Crippen LogP contribution in [0.1, 0.15) is 32.4 Å². The fraction of sp³-hybridized carbons (Fsp3) is 0.538. The van der Waals surface area contributed by atoms with E-state index >= 15 is 0 Å². The molecule has 0 saturated heterocycles. The molecule has 0 radical (unpaired) electrons. The van der Waals surface area contributed by atoms with Gasteiger partial charge in [-0.1, -0.05) is 6.07 Å². The van der Waals surface area contributed by atoms with Crippen LogP contribution >= 0.6 is 0 Å². The van der Waals surface area contributed by atoms with E-state index in [0.29, 0.717) is 0 Å². The van der Waals surface area contributed by atoms with Crippen molar-refractivity contribution in [2.45, 2.75) is 37.7 Å². The monoisotopic (exact) mass is 327 g/mol. The van der Waals surface area contributed by atoms with Crippen molar-refractivity contribution in [2.75, 3.05) is 7.11 Å². The lowest BCUT2D eigenvalue weighted by Crippen LogP contribution is -2.45. The van der Waals surface area contributed by atoms with Crippen LogP contribution in [0.15, 0.2) is 18.2 Å². The van der Waals surface area contributed by atoms with Crippen LogP contribution in [-0.4, -0.2) is 22.6 Å². The summed E-state index contributed by atoms with van der Waals surface area (Å²) in [7, 11) is 1.16. The van der Waals surface area contributed by atoms with Gasteiger partial charge in [-0.05, 0) is 38.5 Å². The Bertz CT molecular complexity index is 488. The van der Waals surface area contributed by atoms with Gasteiger partial charge in [0.25, 0.3) is 0 Å². The van der Waals surface area contributed by atoms with Crippen LogP contribution in [0.2, 0.25) is 0 Å². The summed E-state index contributed by atoms with van der Waals surface area (Å²) in [5, 5.41) is 0. The van der Waals surface area contributed by atoms with E-state index in [1.807, 2.05) is 0 Å². The van der Waals surface area contributed by atoms with Crippen molar-refractivity contribution in [3.8, 4) is 5.75 Å². The van der Waals surface area contributed by atoms with Crippen molar-refractivity contribution in [3.63, 3.8) is 0 Å². The van der Waals surface area contributed by atoms with Crippen LogP contribution in [-0.2, 0) is 11.4 Å². The highest BCUT2D eigenvalue weighted by molar-refractivity contribution is 7.90. The number of rotatable bonds is 4. The van der Waals surface area contributed by atoms with Crippen molar-refractivity contribution in [1.29, 1.82) is 0 Å². The Kier molecular flexibility index (Phi) is 5.51. The molecule has 0 heterocycles. The van der Waals surface area contributed by atoms with E-state index in [-0.39, 0.29) is 11.3 Å². The summed E-state index contributed by atoms with van der Waals surface area (Å²) in [5.41, 5.74) is -0.265.